The molecular weight excluding hydrogens is 465 g/mol. The number of halogens is 2. The topological polar surface area (TPSA) is 98.1 Å². The molecule has 0 unspecified atom stereocenters. The number of aliphatic carboxylic acids is 1. The van der Waals surface area contributed by atoms with E-state index in [9.17, 15) is 24.9 Å². The van der Waals surface area contributed by atoms with E-state index in [4.69, 9.17) is 23.2 Å². The number of hydrogen-bond acceptors (Lipinski definition) is 4. The summed E-state index contributed by atoms with van der Waals surface area (Å²) in [6.45, 7) is 2.96. The number of piperidine rings is 1. The zero-order valence-electron chi connectivity index (χ0n) is 18.6. The van der Waals surface area contributed by atoms with Crippen molar-refractivity contribution in [1.82, 2.24) is 4.90 Å². The summed E-state index contributed by atoms with van der Waals surface area (Å²) >= 11 is 12.4. The molecule has 0 aromatic heterocycles. The molecule has 0 saturated carbocycles. The van der Waals surface area contributed by atoms with Crippen molar-refractivity contribution in [2.24, 2.45) is 5.41 Å². The van der Waals surface area contributed by atoms with Crippen LogP contribution in [0, 0.1) is 5.41 Å². The maximum absolute atomic E-state index is 13.9. The molecule has 1 saturated heterocycles. The quantitative estimate of drug-likeness (QED) is 0.496. The third-order valence-corrected chi connectivity index (χ3v) is 7.03. The highest BCUT2D eigenvalue weighted by Crippen LogP contribution is 2.52. The smallest absolute Gasteiger partial charge is 0.304 e. The van der Waals surface area contributed by atoms with Gasteiger partial charge < -0.3 is 20.2 Å². The number of nitrogens with zero attached hydrogens (tertiary/aromatic N) is 1. The summed E-state index contributed by atoms with van der Waals surface area (Å²) in [5.41, 5.74) is 0.466. The zero-order chi connectivity index (χ0) is 24.3. The number of carboxylic acid groups (broad SMARTS) is 1. The highest BCUT2D eigenvalue weighted by Gasteiger charge is 2.53. The van der Waals surface area contributed by atoms with Gasteiger partial charge in [-0.3, -0.25) is 9.59 Å². The molecule has 1 heterocycles. The molecule has 178 valence electrons. The molecule has 1 amide bonds. The van der Waals surface area contributed by atoms with Gasteiger partial charge in [-0.15, -0.1) is 0 Å². The Balaban J connectivity index is 2.25. The molecule has 2 aromatic carbocycles. The normalized spacial score (nSPS) is 25.0. The highest BCUT2D eigenvalue weighted by molar-refractivity contribution is 6.30. The van der Waals surface area contributed by atoms with Gasteiger partial charge in [0.2, 0.25) is 5.91 Å². The Morgan fingerprint density at radius 3 is 2.36 bits per heavy atom. The lowest BCUT2D eigenvalue weighted by Gasteiger charge is -2.52. The van der Waals surface area contributed by atoms with Crippen LogP contribution < -0.4 is 0 Å². The molecule has 1 aliphatic heterocycles. The number of aliphatic hydroxyl groups is 2. The van der Waals surface area contributed by atoms with Crippen molar-refractivity contribution >= 4 is 35.1 Å². The van der Waals surface area contributed by atoms with Crippen LogP contribution in [-0.2, 0) is 9.59 Å². The van der Waals surface area contributed by atoms with E-state index >= 15 is 0 Å². The van der Waals surface area contributed by atoms with Crippen LogP contribution in [0.1, 0.15) is 56.2 Å². The van der Waals surface area contributed by atoms with Crippen molar-refractivity contribution in [3.8, 4) is 0 Å². The summed E-state index contributed by atoms with van der Waals surface area (Å²) in [6.07, 6.45) is -0.865. The van der Waals surface area contributed by atoms with Crippen LogP contribution in [-0.4, -0.2) is 50.8 Å². The van der Waals surface area contributed by atoms with Gasteiger partial charge in [-0.25, -0.2) is 0 Å². The Morgan fingerprint density at radius 2 is 1.82 bits per heavy atom. The number of rotatable bonds is 8. The van der Waals surface area contributed by atoms with Crippen molar-refractivity contribution in [3.05, 3.63) is 69.7 Å². The van der Waals surface area contributed by atoms with Crippen LogP contribution in [0.4, 0.5) is 0 Å². The third kappa shape index (κ3) is 5.35. The van der Waals surface area contributed by atoms with Gasteiger partial charge in [-0.05, 0) is 48.2 Å². The third-order valence-electron chi connectivity index (χ3n) is 6.54. The number of carboxylic acids is 1. The van der Waals surface area contributed by atoms with E-state index in [1.54, 1.807) is 30.0 Å². The molecule has 5 atom stereocenters. The number of carbonyl (C=O) groups excluding carboxylic acids is 1. The molecule has 3 rings (SSSR count). The molecular formula is C25H29Cl2NO5. The summed E-state index contributed by atoms with van der Waals surface area (Å²) in [7, 11) is 0. The minimum atomic E-state index is -1.20. The van der Waals surface area contributed by atoms with Gasteiger partial charge in [0.05, 0.1) is 36.6 Å². The van der Waals surface area contributed by atoms with E-state index in [0.717, 1.165) is 11.1 Å². The van der Waals surface area contributed by atoms with E-state index in [0.29, 0.717) is 16.5 Å². The summed E-state index contributed by atoms with van der Waals surface area (Å²) in [5.74, 6) is -1.73. The van der Waals surface area contributed by atoms with Crippen LogP contribution in [0.15, 0.2) is 48.5 Å². The molecule has 0 radical (unpaired) electrons. The number of hydrogen-bond donors (Lipinski definition) is 3. The number of carbonyl (C=O) groups is 2. The Morgan fingerprint density at radius 1 is 1.15 bits per heavy atom. The lowest BCUT2D eigenvalue weighted by Crippen LogP contribution is -2.59. The van der Waals surface area contributed by atoms with Gasteiger partial charge >= 0.3 is 5.97 Å². The van der Waals surface area contributed by atoms with Crippen LogP contribution in [0.5, 0.6) is 0 Å². The van der Waals surface area contributed by atoms with Gasteiger partial charge in [0.1, 0.15) is 0 Å². The second-order valence-corrected chi connectivity index (χ2v) is 9.80. The number of amides is 1. The van der Waals surface area contributed by atoms with Crippen molar-refractivity contribution in [3.63, 3.8) is 0 Å². The molecule has 1 fully saturated rings. The highest BCUT2D eigenvalue weighted by atomic mass is 35.5. The van der Waals surface area contributed by atoms with Gasteiger partial charge in [0.15, 0.2) is 0 Å². The van der Waals surface area contributed by atoms with Gasteiger partial charge in [0, 0.05) is 16.0 Å². The molecule has 6 nitrogen and oxygen atoms in total. The SMILES string of the molecule is CC[C@H]([C@@H](O)CO)N1C(=O)[C@](C)(CC(=O)O)C[C@@H](c2cccc(Cl)c2)[C@@H]1c1ccc(Cl)cc1. The average molecular weight is 494 g/mol. The minimum Gasteiger partial charge on any atom is -0.481 e. The van der Waals surface area contributed by atoms with Crippen molar-refractivity contribution in [2.45, 2.75) is 57.2 Å². The molecule has 0 bridgehead atoms. The molecule has 3 N–H and O–H groups in total. The fourth-order valence-corrected chi connectivity index (χ4v) is 5.35. The predicted molar refractivity (Wildman–Crippen MR) is 127 cm³/mol. The van der Waals surface area contributed by atoms with E-state index in [-0.39, 0.29) is 24.7 Å². The monoisotopic (exact) mass is 493 g/mol. The Hall–Kier alpha value is -2.12. The molecule has 2 aromatic rings. The summed E-state index contributed by atoms with van der Waals surface area (Å²) in [5, 5.41) is 31.1. The number of benzene rings is 2. The maximum atomic E-state index is 13.9. The van der Waals surface area contributed by atoms with Gasteiger partial charge in [-0.2, -0.15) is 0 Å². The van der Waals surface area contributed by atoms with E-state index in [2.05, 4.69) is 0 Å². The second-order valence-electron chi connectivity index (χ2n) is 8.93. The molecule has 8 heteroatoms. The first-order chi connectivity index (χ1) is 15.6. The van der Waals surface area contributed by atoms with Crippen molar-refractivity contribution in [2.75, 3.05) is 6.61 Å². The van der Waals surface area contributed by atoms with Crippen LogP contribution in [0.2, 0.25) is 10.0 Å². The number of aliphatic hydroxyl groups excluding tert-OH is 2. The van der Waals surface area contributed by atoms with E-state index < -0.39 is 36.2 Å². The second kappa shape index (κ2) is 10.4. The van der Waals surface area contributed by atoms with Crippen LogP contribution in [0.25, 0.3) is 0 Å². The fraction of sp³-hybridized carbons (Fsp3) is 0.440. The number of likely N-dealkylation sites (tertiary alicyclic amines) is 1. The Labute approximate surface area is 203 Å². The fourth-order valence-electron chi connectivity index (χ4n) is 5.02. The van der Waals surface area contributed by atoms with Crippen LogP contribution in [0.3, 0.4) is 0 Å². The van der Waals surface area contributed by atoms with Gasteiger partial charge in [-0.1, -0.05) is 61.3 Å². The Kier molecular flexibility index (Phi) is 8.06. The lowest BCUT2D eigenvalue weighted by molar-refractivity contribution is -0.164. The van der Waals surface area contributed by atoms with E-state index in [1.807, 2.05) is 37.3 Å². The zero-order valence-corrected chi connectivity index (χ0v) is 20.1. The first-order valence-electron chi connectivity index (χ1n) is 11.0. The molecule has 0 spiro atoms. The first kappa shape index (κ1) is 25.5. The average Bonchev–Trinajstić information content (AvgIpc) is 2.77. The minimum absolute atomic E-state index is 0.286. The lowest BCUT2D eigenvalue weighted by atomic mass is 9.67. The maximum Gasteiger partial charge on any atom is 0.304 e. The molecule has 1 aliphatic rings. The predicted octanol–water partition coefficient (Wildman–Crippen LogP) is 4.66. The molecule has 0 aliphatic carbocycles. The molecule has 33 heavy (non-hydrogen) atoms. The Bertz CT molecular complexity index is 999. The van der Waals surface area contributed by atoms with Crippen molar-refractivity contribution < 1.29 is 24.9 Å². The van der Waals surface area contributed by atoms with Crippen molar-refractivity contribution in [1.29, 1.82) is 0 Å². The largest absolute Gasteiger partial charge is 0.481 e. The van der Waals surface area contributed by atoms with Gasteiger partial charge in [0.25, 0.3) is 0 Å². The van der Waals surface area contributed by atoms with E-state index in [1.165, 1.54) is 0 Å². The standard InChI is InChI=1S/C25H29Cl2NO5/c1-3-20(21(30)14-29)28-23(15-7-9-17(26)10-8-15)19(16-5-4-6-18(27)11-16)12-25(2,24(28)33)13-22(31)32/h4-11,19-21,23,29-30H,3,12-14H2,1-2H3,(H,31,32)/t19-,20+,21-,23-,25-/m0/s1. The summed E-state index contributed by atoms with van der Waals surface area (Å²) in [4.78, 5) is 27.2. The summed E-state index contributed by atoms with van der Waals surface area (Å²) < 4.78 is 0. The summed E-state index contributed by atoms with van der Waals surface area (Å²) in [6, 6.07) is 13.3. The van der Waals surface area contributed by atoms with Crippen LogP contribution >= 0.6 is 23.2 Å². The first-order valence-corrected chi connectivity index (χ1v) is 11.7.